The molecule has 2 heterocycles. The minimum atomic E-state index is -4.76. The molecular weight excluding hydrogens is 501 g/mol. The first-order valence-electron chi connectivity index (χ1n) is 10.9. The van der Waals surface area contributed by atoms with Crippen molar-refractivity contribution in [3.05, 3.63) is 64.9 Å². The zero-order valence-electron chi connectivity index (χ0n) is 19.1. The summed E-state index contributed by atoms with van der Waals surface area (Å²) >= 11 is 6.43. The van der Waals surface area contributed by atoms with E-state index in [9.17, 15) is 18.0 Å². The van der Waals surface area contributed by atoms with Gasteiger partial charge < -0.3 is 24.8 Å². The fourth-order valence-electron chi connectivity index (χ4n) is 3.62. The van der Waals surface area contributed by atoms with Crippen molar-refractivity contribution >= 4 is 23.5 Å². The van der Waals surface area contributed by atoms with Gasteiger partial charge in [0.05, 0.1) is 17.7 Å². The minimum absolute atomic E-state index is 0.0777. The molecule has 0 aliphatic carbocycles. The average Bonchev–Trinajstić information content (AvgIpc) is 3.36. The summed E-state index contributed by atoms with van der Waals surface area (Å²) in [5.41, 5.74) is 1.90. The number of carbonyl (C=O) groups excluding carboxylic acids is 1. The van der Waals surface area contributed by atoms with Crippen LogP contribution in [0.3, 0.4) is 0 Å². The Balaban J connectivity index is 1.50. The van der Waals surface area contributed by atoms with E-state index >= 15 is 0 Å². The Morgan fingerprint density at radius 2 is 1.97 bits per heavy atom. The Bertz CT molecular complexity index is 1220. The van der Waals surface area contributed by atoms with Crippen molar-refractivity contribution in [2.45, 2.75) is 25.4 Å². The molecule has 1 aliphatic heterocycles. The second kappa shape index (κ2) is 11.0. The van der Waals surface area contributed by atoms with Crippen LogP contribution in [0.25, 0.3) is 11.1 Å². The number of aromatic nitrogens is 2. The summed E-state index contributed by atoms with van der Waals surface area (Å²) in [5, 5.41) is 6.32. The van der Waals surface area contributed by atoms with Crippen molar-refractivity contribution in [1.29, 1.82) is 0 Å². The molecule has 0 bridgehead atoms. The Labute approximate surface area is 209 Å². The molecule has 12 heteroatoms. The molecular formula is C24H22ClF3N4O4. The molecule has 190 valence electrons. The number of nitrogens with zero attached hydrogens (tertiary/aromatic N) is 2. The van der Waals surface area contributed by atoms with Gasteiger partial charge in [-0.1, -0.05) is 23.7 Å². The number of methoxy groups -OCH3 is 1. The Hall–Kier alpha value is -3.57. The summed E-state index contributed by atoms with van der Waals surface area (Å²) in [4.78, 5) is 20.8. The highest BCUT2D eigenvalue weighted by atomic mass is 35.5. The normalized spacial score (nSPS) is 15.4. The van der Waals surface area contributed by atoms with Crippen molar-refractivity contribution < 1.29 is 32.2 Å². The predicted molar refractivity (Wildman–Crippen MR) is 126 cm³/mol. The molecule has 2 N–H and O–H groups in total. The van der Waals surface area contributed by atoms with Crippen molar-refractivity contribution in [2.75, 3.05) is 25.5 Å². The van der Waals surface area contributed by atoms with Crippen LogP contribution in [0.15, 0.2) is 48.8 Å². The molecule has 0 radical (unpaired) electrons. The number of benzene rings is 2. The highest BCUT2D eigenvalue weighted by Gasteiger charge is 2.31. The Morgan fingerprint density at radius 1 is 1.19 bits per heavy atom. The SMILES string of the molecule is COC(=O)c1cc(-c2cnc(NCc3cccc(OC(F)(F)F)c3)nc2)cc(OC2CCNC2)c1Cl. The van der Waals surface area contributed by atoms with Crippen molar-refractivity contribution in [1.82, 2.24) is 15.3 Å². The van der Waals surface area contributed by atoms with Crippen LogP contribution in [0, 0.1) is 0 Å². The summed E-state index contributed by atoms with van der Waals surface area (Å²) in [7, 11) is 1.27. The van der Waals surface area contributed by atoms with E-state index in [-0.39, 0.29) is 34.9 Å². The zero-order valence-corrected chi connectivity index (χ0v) is 19.8. The summed E-state index contributed by atoms with van der Waals surface area (Å²) in [6, 6.07) is 8.89. The van der Waals surface area contributed by atoms with Gasteiger partial charge >= 0.3 is 12.3 Å². The van der Waals surface area contributed by atoms with Gasteiger partial charge in [-0.3, -0.25) is 0 Å². The molecule has 1 saturated heterocycles. The maximum Gasteiger partial charge on any atom is 0.573 e. The maximum absolute atomic E-state index is 12.4. The van der Waals surface area contributed by atoms with E-state index in [0.717, 1.165) is 13.0 Å². The van der Waals surface area contributed by atoms with Crippen LogP contribution in [0.1, 0.15) is 22.3 Å². The number of rotatable bonds is 8. The van der Waals surface area contributed by atoms with E-state index in [1.807, 2.05) is 0 Å². The molecule has 3 aromatic rings. The minimum Gasteiger partial charge on any atom is -0.487 e. The van der Waals surface area contributed by atoms with Gasteiger partial charge in [0.1, 0.15) is 17.6 Å². The highest BCUT2D eigenvalue weighted by Crippen LogP contribution is 2.35. The van der Waals surface area contributed by atoms with Gasteiger partial charge in [0.2, 0.25) is 5.95 Å². The van der Waals surface area contributed by atoms with Crippen LogP contribution in [-0.2, 0) is 11.3 Å². The molecule has 0 spiro atoms. The maximum atomic E-state index is 12.4. The van der Waals surface area contributed by atoms with Gasteiger partial charge in [-0.05, 0) is 48.4 Å². The number of anilines is 1. The lowest BCUT2D eigenvalue weighted by Gasteiger charge is -2.17. The molecule has 1 atom stereocenters. The quantitative estimate of drug-likeness (QED) is 0.406. The number of carbonyl (C=O) groups is 1. The first-order valence-corrected chi connectivity index (χ1v) is 11.3. The molecule has 36 heavy (non-hydrogen) atoms. The van der Waals surface area contributed by atoms with Crippen molar-refractivity contribution in [3.63, 3.8) is 0 Å². The van der Waals surface area contributed by atoms with Gasteiger partial charge in [-0.25, -0.2) is 14.8 Å². The number of nitrogens with one attached hydrogen (secondary N) is 2. The number of ether oxygens (including phenoxy) is 3. The van der Waals surface area contributed by atoms with E-state index in [0.29, 0.717) is 29.0 Å². The number of hydrogen-bond acceptors (Lipinski definition) is 8. The number of alkyl halides is 3. The van der Waals surface area contributed by atoms with Gasteiger partial charge in [0, 0.05) is 31.0 Å². The van der Waals surface area contributed by atoms with Crippen molar-refractivity contribution in [3.8, 4) is 22.6 Å². The predicted octanol–water partition coefficient (Wildman–Crippen LogP) is 4.84. The standard InChI is InChI=1S/C24H22ClF3N4O4/c1-34-22(33)19-8-15(9-20(21(19)25)35-18-5-6-29-13-18)16-11-31-23(32-12-16)30-10-14-3-2-4-17(7-14)36-24(26,27)28/h2-4,7-9,11-12,18,29H,5-6,10,13H2,1H3,(H,30,31,32). The zero-order chi connectivity index (χ0) is 25.7. The van der Waals surface area contributed by atoms with Gasteiger partial charge in [0.15, 0.2) is 0 Å². The van der Waals surface area contributed by atoms with E-state index < -0.39 is 12.3 Å². The lowest BCUT2D eigenvalue weighted by molar-refractivity contribution is -0.274. The van der Waals surface area contributed by atoms with Crippen LogP contribution in [-0.4, -0.2) is 48.6 Å². The topological polar surface area (TPSA) is 94.6 Å². The molecule has 1 fully saturated rings. The number of halogens is 4. The average molecular weight is 523 g/mol. The molecule has 8 nitrogen and oxygen atoms in total. The molecule has 1 aromatic heterocycles. The van der Waals surface area contributed by atoms with Gasteiger partial charge in [-0.15, -0.1) is 13.2 Å². The molecule has 1 aliphatic rings. The van der Waals surface area contributed by atoms with E-state index in [1.54, 1.807) is 30.6 Å². The van der Waals surface area contributed by atoms with Crippen LogP contribution in [0.2, 0.25) is 5.02 Å². The lowest BCUT2D eigenvalue weighted by atomic mass is 10.0. The number of esters is 1. The van der Waals surface area contributed by atoms with E-state index in [4.69, 9.17) is 21.1 Å². The van der Waals surface area contributed by atoms with Crippen LogP contribution in [0.4, 0.5) is 19.1 Å². The molecule has 4 rings (SSSR count). The summed E-state index contributed by atoms with van der Waals surface area (Å²) in [5.74, 6) is -0.302. The molecule has 0 saturated carbocycles. The van der Waals surface area contributed by atoms with Gasteiger partial charge in [-0.2, -0.15) is 0 Å². The number of hydrogen-bond donors (Lipinski definition) is 2. The highest BCUT2D eigenvalue weighted by molar-refractivity contribution is 6.35. The van der Waals surface area contributed by atoms with E-state index in [2.05, 4.69) is 25.3 Å². The summed E-state index contributed by atoms with van der Waals surface area (Å²) < 4.78 is 52.1. The molecule has 0 amide bonds. The summed E-state index contributed by atoms with van der Waals surface area (Å²) in [6.07, 6.45) is -0.943. The molecule has 1 unspecified atom stereocenters. The Kier molecular flexibility index (Phi) is 7.80. The first kappa shape index (κ1) is 25.5. The fraction of sp³-hybridized carbons (Fsp3) is 0.292. The Morgan fingerprint density at radius 3 is 2.64 bits per heavy atom. The first-order chi connectivity index (χ1) is 17.2. The smallest absolute Gasteiger partial charge is 0.487 e. The second-order valence-corrected chi connectivity index (χ2v) is 8.28. The van der Waals surface area contributed by atoms with Gasteiger partial charge in [0.25, 0.3) is 0 Å². The van der Waals surface area contributed by atoms with Crippen molar-refractivity contribution in [2.24, 2.45) is 0 Å². The largest absolute Gasteiger partial charge is 0.573 e. The lowest BCUT2D eigenvalue weighted by Crippen LogP contribution is -2.20. The third-order valence-electron chi connectivity index (χ3n) is 5.32. The monoisotopic (exact) mass is 522 g/mol. The van der Waals surface area contributed by atoms with Crippen LogP contribution in [0.5, 0.6) is 11.5 Å². The van der Waals surface area contributed by atoms with Crippen LogP contribution >= 0.6 is 11.6 Å². The summed E-state index contributed by atoms with van der Waals surface area (Å²) in [6.45, 7) is 1.67. The third kappa shape index (κ3) is 6.55. The third-order valence-corrected chi connectivity index (χ3v) is 5.71. The van der Waals surface area contributed by atoms with E-state index in [1.165, 1.54) is 25.3 Å². The second-order valence-electron chi connectivity index (χ2n) is 7.90. The fourth-order valence-corrected chi connectivity index (χ4v) is 3.85. The van der Waals surface area contributed by atoms with Crippen LogP contribution < -0.4 is 20.1 Å². The molecule has 2 aromatic carbocycles.